The Kier molecular flexibility index (Phi) is 5.18. The van der Waals surface area contributed by atoms with E-state index in [-0.39, 0.29) is 11.6 Å². The molecule has 3 aromatic carbocycles. The molecule has 4 rings (SSSR count). The number of aromatic nitrogens is 1. The molecular formula is C24H13FINO. The topological polar surface area (TPSA) is 30.0 Å². The predicted octanol–water partition coefficient (Wildman–Crippen LogP) is 5.61. The van der Waals surface area contributed by atoms with E-state index in [1.807, 2.05) is 36.4 Å². The Hall–Kier alpha value is -3.04. The van der Waals surface area contributed by atoms with Gasteiger partial charge in [-0.3, -0.25) is 9.78 Å². The van der Waals surface area contributed by atoms with Crippen molar-refractivity contribution in [2.24, 2.45) is 0 Å². The lowest BCUT2D eigenvalue weighted by Gasteiger charge is -2.10. The van der Waals surface area contributed by atoms with Gasteiger partial charge in [-0.1, -0.05) is 48.2 Å². The number of carbonyl (C=O) groups is 1. The maximum absolute atomic E-state index is 13.3. The summed E-state index contributed by atoms with van der Waals surface area (Å²) < 4.78 is 14.0. The third kappa shape index (κ3) is 3.67. The SMILES string of the molecule is O=C(c1ccccc1)c1c(C#Cc2ccc(F)cc2)c(I)cc2cccnc12. The first-order valence-corrected chi connectivity index (χ1v) is 9.66. The van der Waals surface area contributed by atoms with Gasteiger partial charge in [-0.05, 0) is 59.0 Å². The molecule has 0 aliphatic carbocycles. The molecule has 0 radical (unpaired) electrons. The van der Waals surface area contributed by atoms with Crippen LogP contribution in [0, 0.1) is 21.2 Å². The number of benzene rings is 3. The molecule has 134 valence electrons. The van der Waals surface area contributed by atoms with E-state index in [1.165, 1.54) is 12.1 Å². The van der Waals surface area contributed by atoms with Crippen LogP contribution in [-0.2, 0) is 0 Å². The summed E-state index contributed by atoms with van der Waals surface area (Å²) in [6, 6.07) is 20.8. The number of ketones is 1. The summed E-state index contributed by atoms with van der Waals surface area (Å²) in [6.45, 7) is 0. The maximum atomic E-state index is 13.3. The number of pyridine rings is 1. The molecule has 4 heteroatoms. The zero-order valence-corrected chi connectivity index (χ0v) is 16.8. The number of fused-ring (bicyclic) bond motifs is 1. The summed E-state index contributed by atoms with van der Waals surface area (Å²) in [6.07, 6.45) is 1.67. The van der Waals surface area contributed by atoms with E-state index >= 15 is 0 Å². The molecule has 0 atom stereocenters. The Balaban J connectivity index is 1.94. The van der Waals surface area contributed by atoms with Gasteiger partial charge in [-0.25, -0.2) is 4.39 Å². The van der Waals surface area contributed by atoms with E-state index in [0.717, 1.165) is 8.96 Å². The van der Waals surface area contributed by atoms with E-state index in [4.69, 9.17) is 0 Å². The fourth-order valence-corrected chi connectivity index (χ4v) is 3.67. The van der Waals surface area contributed by atoms with E-state index in [1.54, 1.807) is 30.5 Å². The summed E-state index contributed by atoms with van der Waals surface area (Å²) in [7, 11) is 0. The molecule has 0 saturated heterocycles. The van der Waals surface area contributed by atoms with E-state index in [9.17, 15) is 9.18 Å². The summed E-state index contributed by atoms with van der Waals surface area (Å²) in [5.41, 5.74) is 3.01. The van der Waals surface area contributed by atoms with Gasteiger partial charge in [0.1, 0.15) is 5.82 Å². The molecule has 0 aliphatic rings. The first-order valence-electron chi connectivity index (χ1n) is 8.58. The lowest BCUT2D eigenvalue weighted by molar-refractivity contribution is 0.104. The Bertz CT molecular complexity index is 1240. The highest BCUT2D eigenvalue weighted by Crippen LogP contribution is 2.27. The molecule has 0 amide bonds. The molecule has 28 heavy (non-hydrogen) atoms. The fraction of sp³-hybridized carbons (Fsp3) is 0. The third-order valence-corrected chi connectivity index (χ3v) is 5.14. The standard InChI is InChI=1S/C24H13FINO/c25-19-11-8-16(9-12-19)10-13-20-21(26)15-18-7-4-14-27-23(18)22(20)24(28)17-5-2-1-3-6-17/h1-9,11-12,14-15H. The minimum Gasteiger partial charge on any atom is -0.288 e. The number of carbonyl (C=O) groups excluding carboxylic acids is 1. The molecule has 1 aromatic heterocycles. The third-order valence-electron chi connectivity index (χ3n) is 4.29. The Morgan fingerprint density at radius 3 is 2.43 bits per heavy atom. The highest BCUT2D eigenvalue weighted by Gasteiger charge is 2.20. The van der Waals surface area contributed by atoms with Crippen LogP contribution in [0.25, 0.3) is 10.9 Å². The zero-order chi connectivity index (χ0) is 19.5. The van der Waals surface area contributed by atoms with Gasteiger partial charge < -0.3 is 0 Å². The molecule has 0 N–H and O–H groups in total. The maximum Gasteiger partial charge on any atom is 0.196 e. The second-order valence-corrected chi connectivity index (χ2v) is 7.30. The van der Waals surface area contributed by atoms with Crippen LogP contribution >= 0.6 is 22.6 Å². The van der Waals surface area contributed by atoms with Crippen LogP contribution in [0.15, 0.2) is 79.0 Å². The van der Waals surface area contributed by atoms with Gasteiger partial charge in [0.25, 0.3) is 0 Å². The van der Waals surface area contributed by atoms with E-state index < -0.39 is 0 Å². The van der Waals surface area contributed by atoms with Crippen LogP contribution in [0.3, 0.4) is 0 Å². The molecule has 0 unspecified atom stereocenters. The van der Waals surface area contributed by atoms with E-state index in [2.05, 4.69) is 39.4 Å². The fourth-order valence-electron chi connectivity index (χ4n) is 2.93. The van der Waals surface area contributed by atoms with Crippen molar-refractivity contribution in [3.63, 3.8) is 0 Å². The smallest absolute Gasteiger partial charge is 0.196 e. The first-order chi connectivity index (χ1) is 13.6. The normalized spacial score (nSPS) is 10.4. The molecule has 0 spiro atoms. The summed E-state index contributed by atoms with van der Waals surface area (Å²) in [5.74, 6) is 5.73. The molecule has 4 aromatic rings. The summed E-state index contributed by atoms with van der Waals surface area (Å²) in [5, 5.41) is 0.888. The molecule has 0 fully saturated rings. The lowest BCUT2D eigenvalue weighted by Crippen LogP contribution is -2.07. The monoisotopic (exact) mass is 477 g/mol. The molecule has 0 aliphatic heterocycles. The second kappa shape index (κ2) is 7.91. The number of nitrogens with zero attached hydrogens (tertiary/aromatic N) is 1. The van der Waals surface area contributed by atoms with Crippen LogP contribution in [-0.4, -0.2) is 10.8 Å². The largest absolute Gasteiger partial charge is 0.288 e. The average molecular weight is 477 g/mol. The average Bonchev–Trinajstić information content (AvgIpc) is 2.73. The molecular weight excluding hydrogens is 464 g/mol. The summed E-state index contributed by atoms with van der Waals surface area (Å²) >= 11 is 2.19. The highest BCUT2D eigenvalue weighted by atomic mass is 127. The van der Waals surface area contributed by atoms with Crippen LogP contribution < -0.4 is 0 Å². The first kappa shape index (κ1) is 18.3. The van der Waals surface area contributed by atoms with E-state index in [0.29, 0.717) is 27.8 Å². The Labute approximate surface area is 175 Å². The molecule has 0 bridgehead atoms. The predicted molar refractivity (Wildman–Crippen MR) is 117 cm³/mol. The van der Waals surface area contributed by atoms with Crippen LogP contribution in [0.5, 0.6) is 0 Å². The van der Waals surface area contributed by atoms with Crippen LogP contribution in [0.2, 0.25) is 0 Å². The molecule has 0 saturated carbocycles. The number of rotatable bonds is 2. The minimum atomic E-state index is -0.310. The van der Waals surface area contributed by atoms with Crippen molar-refractivity contribution in [1.29, 1.82) is 0 Å². The van der Waals surface area contributed by atoms with Crippen molar-refractivity contribution >= 4 is 39.3 Å². The zero-order valence-electron chi connectivity index (χ0n) is 14.6. The van der Waals surface area contributed by atoms with Crippen molar-refractivity contribution in [3.8, 4) is 11.8 Å². The van der Waals surface area contributed by atoms with Crippen LogP contribution in [0.1, 0.15) is 27.0 Å². The van der Waals surface area contributed by atoms with Gasteiger partial charge in [0.05, 0.1) is 16.6 Å². The highest BCUT2D eigenvalue weighted by molar-refractivity contribution is 14.1. The molecule has 2 nitrogen and oxygen atoms in total. The Morgan fingerprint density at radius 1 is 0.929 bits per heavy atom. The van der Waals surface area contributed by atoms with Crippen molar-refractivity contribution in [3.05, 3.63) is 111 Å². The summed E-state index contributed by atoms with van der Waals surface area (Å²) in [4.78, 5) is 17.8. The van der Waals surface area contributed by atoms with Crippen molar-refractivity contribution in [2.75, 3.05) is 0 Å². The van der Waals surface area contributed by atoms with Gasteiger partial charge in [-0.15, -0.1) is 0 Å². The van der Waals surface area contributed by atoms with Gasteiger partial charge in [-0.2, -0.15) is 0 Å². The van der Waals surface area contributed by atoms with Crippen molar-refractivity contribution in [1.82, 2.24) is 4.98 Å². The number of halogens is 2. The van der Waals surface area contributed by atoms with Gasteiger partial charge >= 0.3 is 0 Å². The lowest BCUT2D eigenvalue weighted by atomic mass is 9.95. The van der Waals surface area contributed by atoms with Gasteiger partial charge in [0, 0.05) is 26.3 Å². The second-order valence-electron chi connectivity index (χ2n) is 6.14. The number of hydrogen-bond acceptors (Lipinski definition) is 2. The molecule has 1 heterocycles. The Morgan fingerprint density at radius 2 is 1.68 bits per heavy atom. The van der Waals surface area contributed by atoms with Crippen LogP contribution in [0.4, 0.5) is 4.39 Å². The van der Waals surface area contributed by atoms with Crippen molar-refractivity contribution < 1.29 is 9.18 Å². The van der Waals surface area contributed by atoms with Gasteiger partial charge in [0.2, 0.25) is 0 Å². The van der Waals surface area contributed by atoms with Crippen molar-refractivity contribution in [2.45, 2.75) is 0 Å². The number of hydrogen-bond donors (Lipinski definition) is 0. The quantitative estimate of drug-likeness (QED) is 0.214. The van der Waals surface area contributed by atoms with Gasteiger partial charge in [0.15, 0.2) is 5.78 Å². The minimum absolute atomic E-state index is 0.119.